The van der Waals surface area contributed by atoms with Gasteiger partial charge in [-0.25, -0.2) is 4.79 Å². The Morgan fingerprint density at radius 2 is 1.94 bits per heavy atom. The monoisotopic (exact) mass is 530 g/mol. The summed E-state index contributed by atoms with van der Waals surface area (Å²) in [7, 11) is 1.58. The van der Waals surface area contributed by atoms with Crippen LogP contribution in [0.15, 0.2) is 81.0 Å². The molecule has 3 aromatic carbocycles. The van der Waals surface area contributed by atoms with E-state index in [1.165, 1.54) is 0 Å². The third-order valence-corrected chi connectivity index (χ3v) is 6.41. The van der Waals surface area contributed by atoms with E-state index in [9.17, 15) is 10.1 Å². The average molecular weight is 531 g/mol. The molecule has 0 spiro atoms. The van der Waals surface area contributed by atoms with Crippen molar-refractivity contribution in [2.24, 2.45) is 5.73 Å². The first-order chi connectivity index (χ1) is 16.9. The second-order valence-corrected chi connectivity index (χ2v) is 8.90. The van der Waals surface area contributed by atoms with Gasteiger partial charge in [0.15, 0.2) is 0 Å². The van der Waals surface area contributed by atoms with E-state index in [0.29, 0.717) is 33.8 Å². The Hall–Kier alpha value is -4.22. The van der Waals surface area contributed by atoms with E-state index >= 15 is 0 Å². The zero-order valence-electron chi connectivity index (χ0n) is 18.8. The van der Waals surface area contributed by atoms with Crippen molar-refractivity contribution >= 4 is 32.9 Å². The Labute approximate surface area is 209 Å². The average Bonchev–Trinajstić information content (AvgIpc) is 3.18. The van der Waals surface area contributed by atoms with Gasteiger partial charge >= 0.3 is 5.97 Å². The Balaban J connectivity index is 1.49. The number of nitriles is 1. The highest BCUT2D eigenvalue weighted by Gasteiger charge is 2.31. The van der Waals surface area contributed by atoms with Gasteiger partial charge in [0.05, 0.1) is 13.0 Å². The van der Waals surface area contributed by atoms with Gasteiger partial charge in [-0.15, -0.1) is 0 Å². The van der Waals surface area contributed by atoms with E-state index in [0.717, 1.165) is 15.4 Å². The minimum absolute atomic E-state index is 0.00463. The number of ether oxygens (including phenoxy) is 3. The Morgan fingerprint density at radius 3 is 2.71 bits per heavy atom. The number of methoxy groups -OCH3 is 1. The number of esters is 1. The van der Waals surface area contributed by atoms with Crippen LogP contribution >= 0.6 is 15.9 Å². The van der Waals surface area contributed by atoms with Crippen molar-refractivity contribution in [2.45, 2.75) is 12.8 Å². The van der Waals surface area contributed by atoms with Gasteiger partial charge in [0.25, 0.3) is 0 Å². The standard InChI is InChI=1S/C27H19BrN2O5/c1-14-20-11-16(28)6-9-22(20)34-25(14)27(31)33-18-7-8-19-23(12-18)35-26(30)21(13-29)24(19)15-4-3-5-17(10-15)32-2/h3-12,24H,30H2,1-2H3. The molecule has 5 rings (SSSR count). The molecule has 1 aliphatic heterocycles. The fraction of sp³-hybridized carbons (Fsp3) is 0.111. The lowest BCUT2D eigenvalue weighted by atomic mass is 9.83. The third-order valence-electron chi connectivity index (χ3n) is 5.91. The van der Waals surface area contributed by atoms with Crippen LogP contribution in [0.2, 0.25) is 0 Å². The SMILES string of the molecule is COc1cccc(C2C(C#N)=C(N)Oc3cc(OC(=O)c4oc5ccc(Br)cc5c4C)ccc32)c1. The van der Waals surface area contributed by atoms with E-state index < -0.39 is 11.9 Å². The van der Waals surface area contributed by atoms with Crippen LogP contribution < -0.4 is 19.9 Å². The summed E-state index contributed by atoms with van der Waals surface area (Å²) in [6.45, 7) is 1.80. The molecule has 174 valence electrons. The third kappa shape index (κ3) is 4.00. The Morgan fingerprint density at radius 1 is 1.11 bits per heavy atom. The molecule has 0 radical (unpaired) electrons. The molecular weight excluding hydrogens is 512 g/mol. The first-order valence-corrected chi connectivity index (χ1v) is 11.4. The lowest BCUT2D eigenvalue weighted by Gasteiger charge is -2.27. The largest absolute Gasteiger partial charge is 0.497 e. The number of nitrogens with zero attached hydrogens (tertiary/aromatic N) is 1. The Bertz CT molecular complexity index is 1560. The van der Waals surface area contributed by atoms with Gasteiger partial charge in [-0.05, 0) is 48.9 Å². The molecular formula is C27H19BrN2O5. The van der Waals surface area contributed by atoms with Crippen LogP contribution in [0.25, 0.3) is 11.0 Å². The maximum absolute atomic E-state index is 12.9. The lowest BCUT2D eigenvalue weighted by molar-refractivity contribution is 0.0702. The number of carbonyl (C=O) groups is 1. The van der Waals surface area contributed by atoms with Gasteiger partial charge < -0.3 is 24.4 Å². The van der Waals surface area contributed by atoms with Crippen LogP contribution in [-0.2, 0) is 0 Å². The summed E-state index contributed by atoms with van der Waals surface area (Å²) in [6.07, 6.45) is 0. The van der Waals surface area contributed by atoms with Gasteiger partial charge in [-0.3, -0.25) is 0 Å². The maximum Gasteiger partial charge on any atom is 0.379 e. The lowest BCUT2D eigenvalue weighted by Crippen LogP contribution is -2.21. The highest BCUT2D eigenvalue weighted by molar-refractivity contribution is 9.10. The van der Waals surface area contributed by atoms with Gasteiger partial charge in [0.2, 0.25) is 11.6 Å². The second kappa shape index (κ2) is 8.85. The maximum atomic E-state index is 12.9. The van der Waals surface area contributed by atoms with Crippen LogP contribution in [0, 0.1) is 18.3 Å². The van der Waals surface area contributed by atoms with E-state index in [4.69, 9.17) is 24.4 Å². The number of nitrogens with two attached hydrogens (primary N) is 1. The highest BCUT2D eigenvalue weighted by atomic mass is 79.9. The fourth-order valence-electron chi connectivity index (χ4n) is 4.20. The summed E-state index contributed by atoms with van der Waals surface area (Å²) in [5, 5.41) is 10.6. The molecule has 2 heterocycles. The first kappa shape index (κ1) is 22.6. The van der Waals surface area contributed by atoms with E-state index in [1.54, 1.807) is 38.3 Å². The van der Waals surface area contributed by atoms with E-state index in [1.807, 2.05) is 36.4 Å². The molecule has 0 saturated heterocycles. The molecule has 1 unspecified atom stereocenters. The minimum Gasteiger partial charge on any atom is -0.497 e. The fourth-order valence-corrected chi connectivity index (χ4v) is 4.57. The highest BCUT2D eigenvalue weighted by Crippen LogP contribution is 2.44. The zero-order valence-corrected chi connectivity index (χ0v) is 20.4. The van der Waals surface area contributed by atoms with Gasteiger partial charge in [-0.2, -0.15) is 5.26 Å². The number of hydrogen-bond donors (Lipinski definition) is 1. The van der Waals surface area contributed by atoms with Crippen LogP contribution in [0.1, 0.15) is 33.2 Å². The number of benzene rings is 3. The van der Waals surface area contributed by atoms with Crippen molar-refractivity contribution in [1.29, 1.82) is 5.26 Å². The van der Waals surface area contributed by atoms with Crippen molar-refractivity contribution < 1.29 is 23.4 Å². The van der Waals surface area contributed by atoms with Gasteiger partial charge in [0.1, 0.15) is 34.5 Å². The Kier molecular flexibility index (Phi) is 5.71. The number of carbonyl (C=O) groups excluding carboxylic acids is 1. The number of hydrogen-bond acceptors (Lipinski definition) is 7. The molecule has 35 heavy (non-hydrogen) atoms. The smallest absolute Gasteiger partial charge is 0.379 e. The van der Waals surface area contributed by atoms with Crippen molar-refractivity contribution in [3.05, 3.63) is 99.0 Å². The van der Waals surface area contributed by atoms with Crippen molar-refractivity contribution in [1.82, 2.24) is 0 Å². The van der Waals surface area contributed by atoms with Crippen molar-refractivity contribution in [3.8, 4) is 23.3 Å². The molecule has 7 nitrogen and oxygen atoms in total. The molecule has 0 fully saturated rings. The number of furan rings is 1. The predicted octanol–water partition coefficient (Wildman–Crippen LogP) is 5.95. The normalized spacial score (nSPS) is 14.7. The van der Waals surface area contributed by atoms with E-state index in [2.05, 4.69) is 22.0 Å². The molecule has 1 aliphatic rings. The summed E-state index contributed by atoms with van der Waals surface area (Å²) >= 11 is 3.43. The molecule has 0 amide bonds. The predicted molar refractivity (Wildman–Crippen MR) is 132 cm³/mol. The number of rotatable bonds is 4. The van der Waals surface area contributed by atoms with Crippen LogP contribution in [0.5, 0.6) is 17.2 Å². The molecule has 2 N–H and O–H groups in total. The molecule has 4 aromatic rings. The van der Waals surface area contributed by atoms with Crippen LogP contribution in [0.4, 0.5) is 0 Å². The molecule has 1 atom stereocenters. The number of aryl methyl sites for hydroxylation is 1. The second-order valence-electron chi connectivity index (χ2n) is 7.99. The molecule has 8 heteroatoms. The zero-order chi connectivity index (χ0) is 24.7. The number of allylic oxidation sites excluding steroid dienone is 1. The first-order valence-electron chi connectivity index (χ1n) is 10.7. The minimum atomic E-state index is -0.629. The van der Waals surface area contributed by atoms with Crippen LogP contribution in [0.3, 0.4) is 0 Å². The summed E-state index contributed by atoms with van der Waals surface area (Å²) in [4.78, 5) is 12.9. The molecule has 0 saturated carbocycles. The topological polar surface area (TPSA) is 108 Å². The van der Waals surface area contributed by atoms with E-state index in [-0.39, 0.29) is 17.4 Å². The molecule has 0 aliphatic carbocycles. The number of fused-ring (bicyclic) bond motifs is 2. The molecule has 1 aromatic heterocycles. The summed E-state index contributed by atoms with van der Waals surface area (Å²) in [5.74, 6) is 0.338. The van der Waals surface area contributed by atoms with Crippen LogP contribution in [-0.4, -0.2) is 13.1 Å². The van der Waals surface area contributed by atoms with Gasteiger partial charge in [0, 0.05) is 27.1 Å². The van der Waals surface area contributed by atoms with Crippen molar-refractivity contribution in [2.75, 3.05) is 7.11 Å². The van der Waals surface area contributed by atoms with Gasteiger partial charge in [-0.1, -0.05) is 34.1 Å². The quantitative estimate of drug-likeness (QED) is 0.256. The number of halogens is 1. The summed E-state index contributed by atoms with van der Waals surface area (Å²) in [6, 6.07) is 20.1. The summed E-state index contributed by atoms with van der Waals surface area (Å²) < 4.78 is 23.3. The summed E-state index contributed by atoms with van der Waals surface area (Å²) in [5.41, 5.74) is 9.20. The van der Waals surface area contributed by atoms with Crippen molar-refractivity contribution in [3.63, 3.8) is 0 Å². The molecule has 0 bridgehead atoms.